The predicted octanol–water partition coefficient (Wildman–Crippen LogP) is 3.01. The Kier molecular flexibility index (Phi) is 4.01. The zero-order valence-electron chi connectivity index (χ0n) is 11.0. The lowest BCUT2D eigenvalue weighted by molar-refractivity contribution is -0.142. The standard InChI is InChI=1S/C13H18N2O2S/c1-4-9(3)11-7-15-10(6-12(16)17-5-2)8-18-13(15)14-11/h7-9H,4-6H2,1-3H3. The van der Waals surface area contributed by atoms with E-state index in [1.54, 1.807) is 11.3 Å². The highest BCUT2D eigenvalue weighted by molar-refractivity contribution is 7.15. The normalized spacial score (nSPS) is 12.8. The number of imidazole rings is 1. The van der Waals surface area contributed by atoms with Crippen LogP contribution < -0.4 is 0 Å². The molecule has 0 radical (unpaired) electrons. The maximum absolute atomic E-state index is 11.5. The molecule has 2 rings (SSSR count). The minimum absolute atomic E-state index is 0.184. The van der Waals surface area contributed by atoms with Crippen LogP contribution in [-0.4, -0.2) is 22.0 Å². The van der Waals surface area contributed by atoms with Gasteiger partial charge in [0.25, 0.3) is 0 Å². The van der Waals surface area contributed by atoms with Gasteiger partial charge in [0.15, 0.2) is 4.96 Å². The van der Waals surface area contributed by atoms with Crippen LogP contribution >= 0.6 is 11.3 Å². The van der Waals surface area contributed by atoms with Crippen molar-refractivity contribution < 1.29 is 9.53 Å². The van der Waals surface area contributed by atoms with Gasteiger partial charge in [-0.1, -0.05) is 13.8 Å². The first-order chi connectivity index (χ1) is 8.65. The van der Waals surface area contributed by atoms with Crippen molar-refractivity contribution in [2.75, 3.05) is 6.61 Å². The van der Waals surface area contributed by atoms with Crippen molar-refractivity contribution in [3.05, 3.63) is 23.0 Å². The van der Waals surface area contributed by atoms with E-state index in [-0.39, 0.29) is 5.97 Å². The fourth-order valence-corrected chi connectivity index (χ4v) is 2.66. The first-order valence-corrected chi connectivity index (χ1v) is 7.14. The largest absolute Gasteiger partial charge is 0.466 e. The number of carbonyl (C=O) groups excluding carboxylic acids is 1. The highest BCUT2D eigenvalue weighted by atomic mass is 32.1. The van der Waals surface area contributed by atoms with Gasteiger partial charge in [-0.05, 0) is 19.3 Å². The van der Waals surface area contributed by atoms with Crippen LogP contribution in [0.5, 0.6) is 0 Å². The summed E-state index contributed by atoms with van der Waals surface area (Å²) in [6, 6.07) is 0. The molecule has 98 valence electrons. The Morgan fingerprint density at radius 1 is 1.56 bits per heavy atom. The van der Waals surface area contributed by atoms with Crippen molar-refractivity contribution in [1.82, 2.24) is 9.38 Å². The van der Waals surface area contributed by atoms with Gasteiger partial charge in [0.2, 0.25) is 0 Å². The van der Waals surface area contributed by atoms with Crippen LogP contribution in [0.3, 0.4) is 0 Å². The van der Waals surface area contributed by atoms with Gasteiger partial charge in [0.1, 0.15) is 0 Å². The second-order valence-corrected chi connectivity index (χ2v) is 5.17. The third-order valence-electron chi connectivity index (χ3n) is 3.05. The fourth-order valence-electron chi connectivity index (χ4n) is 1.78. The number of hydrogen-bond donors (Lipinski definition) is 0. The molecule has 0 saturated heterocycles. The molecule has 18 heavy (non-hydrogen) atoms. The van der Waals surface area contributed by atoms with Crippen molar-refractivity contribution in [1.29, 1.82) is 0 Å². The number of thiazole rings is 1. The Morgan fingerprint density at radius 2 is 2.33 bits per heavy atom. The van der Waals surface area contributed by atoms with E-state index in [9.17, 15) is 4.79 Å². The number of fused-ring (bicyclic) bond motifs is 1. The summed E-state index contributed by atoms with van der Waals surface area (Å²) >= 11 is 1.57. The average Bonchev–Trinajstić information content (AvgIpc) is 2.90. The highest BCUT2D eigenvalue weighted by Gasteiger charge is 2.14. The van der Waals surface area contributed by atoms with E-state index < -0.39 is 0 Å². The number of ether oxygens (including phenoxy) is 1. The Balaban J connectivity index is 2.24. The number of aromatic nitrogens is 2. The summed E-state index contributed by atoms with van der Waals surface area (Å²) < 4.78 is 6.97. The molecule has 4 nitrogen and oxygen atoms in total. The topological polar surface area (TPSA) is 43.6 Å². The Morgan fingerprint density at radius 3 is 3.00 bits per heavy atom. The summed E-state index contributed by atoms with van der Waals surface area (Å²) in [6.45, 7) is 6.56. The van der Waals surface area contributed by atoms with E-state index in [1.807, 2.05) is 22.9 Å². The lowest BCUT2D eigenvalue weighted by atomic mass is 10.1. The quantitative estimate of drug-likeness (QED) is 0.781. The van der Waals surface area contributed by atoms with Gasteiger partial charge < -0.3 is 4.74 Å². The minimum Gasteiger partial charge on any atom is -0.466 e. The summed E-state index contributed by atoms with van der Waals surface area (Å²) in [6.07, 6.45) is 3.41. The smallest absolute Gasteiger partial charge is 0.311 e. The lowest BCUT2D eigenvalue weighted by Gasteiger charge is -2.02. The monoisotopic (exact) mass is 266 g/mol. The number of nitrogens with zero attached hydrogens (tertiary/aromatic N) is 2. The molecule has 1 atom stereocenters. The van der Waals surface area contributed by atoms with Gasteiger partial charge in [-0.25, -0.2) is 4.98 Å². The van der Waals surface area contributed by atoms with Crippen molar-refractivity contribution in [2.24, 2.45) is 0 Å². The Labute approximate surface area is 111 Å². The van der Waals surface area contributed by atoms with Gasteiger partial charge in [-0.3, -0.25) is 9.20 Å². The van der Waals surface area contributed by atoms with Crippen molar-refractivity contribution in [3.63, 3.8) is 0 Å². The molecule has 2 aromatic rings. The zero-order chi connectivity index (χ0) is 13.1. The molecule has 0 aliphatic carbocycles. The molecule has 5 heteroatoms. The van der Waals surface area contributed by atoms with E-state index in [0.717, 1.165) is 22.8 Å². The van der Waals surface area contributed by atoms with Crippen molar-refractivity contribution >= 4 is 22.3 Å². The third kappa shape index (κ3) is 2.56. The highest BCUT2D eigenvalue weighted by Crippen LogP contribution is 2.23. The summed E-state index contributed by atoms with van der Waals surface area (Å²) in [7, 11) is 0. The van der Waals surface area contributed by atoms with Crippen LogP contribution in [0.4, 0.5) is 0 Å². The maximum atomic E-state index is 11.5. The van der Waals surface area contributed by atoms with Gasteiger partial charge in [-0.2, -0.15) is 0 Å². The van der Waals surface area contributed by atoms with Crippen LogP contribution in [0, 0.1) is 0 Å². The lowest BCUT2D eigenvalue weighted by Crippen LogP contribution is -2.08. The molecule has 1 unspecified atom stereocenters. The molecular formula is C13H18N2O2S. The minimum atomic E-state index is -0.184. The van der Waals surface area contributed by atoms with Gasteiger partial charge >= 0.3 is 5.97 Å². The van der Waals surface area contributed by atoms with Gasteiger partial charge in [-0.15, -0.1) is 11.3 Å². The molecule has 2 aromatic heterocycles. The third-order valence-corrected chi connectivity index (χ3v) is 3.94. The van der Waals surface area contributed by atoms with Gasteiger partial charge in [0.05, 0.1) is 18.7 Å². The summed E-state index contributed by atoms with van der Waals surface area (Å²) in [5.74, 6) is 0.267. The molecule has 0 aliphatic heterocycles. The van der Waals surface area contributed by atoms with E-state index in [0.29, 0.717) is 18.9 Å². The first-order valence-electron chi connectivity index (χ1n) is 6.26. The van der Waals surface area contributed by atoms with Crippen molar-refractivity contribution in [3.8, 4) is 0 Å². The van der Waals surface area contributed by atoms with Gasteiger partial charge in [0, 0.05) is 17.3 Å². The van der Waals surface area contributed by atoms with E-state index >= 15 is 0 Å². The van der Waals surface area contributed by atoms with Crippen molar-refractivity contribution in [2.45, 2.75) is 39.5 Å². The molecule has 0 aromatic carbocycles. The number of esters is 1. The van der Waals surface area contributed by atoms with Crippen LogP contribution in [0.15, 0.2) is 11.6 Å². The molecule has 0 bridgehead atoms. The number of carbonyl (C=O) groups is 1. The summed E-state index contributed by atoms with van der Waals surface area (Å²) in [5.41, 5.74) is 2.05. The van der Waals surface area contributed by atoms with E-state index in [4.69, 9.17) is 4.74 Å². The van der Waals surface area contributed by atoms with Crippen LogP contribution in [0.2, 0.25) is 0 Å². The summed E-state index contributed by atoms with van der Waals surface area (Å²) in [4.78, 5) is 17.0. The average molecular weight is 266 g/mol. The zero-order valence-corrected chi connectivity index (χ0v) is 11.8. The first kappa shape index (κ1) is 13.1. The van der Waals surface area contributed by atoms with Crippen LogP contribution in [0.1, 0.15) is 44.5 Å². The van der Waals surface area contributed by atoms with Crippen LogP contribution in [-0.2, 0) is 16.0 Å². The number of hydrogen-bond acceptors (Lipinski definition) is 4. The molecule has 0 fully saturated rings. The second kappa shape index (κ2) is 5.52. The molecule has 0 aliphatic rings. The second-order valence-electron chi connectivity index (χ2n) is 4.34. The Hall–Kier alpha value is -1.36. The molecule has 0 amide bonds. The fraction of sp³-hybridized carbons (Fsp3) is 0.538. The number of rotatable bonds is 5. The molecule has 0 N–H and O–H groups in total. The summed E-state index contributed by atoms with van der Waals surface area (Å²) in [5, 5.41) is 1.97. The SMILES string of the molecule is CCOC(=O)Cc1csc2nc(C(C)CC)cn12. The maximum Gasteiger partial charge on any atom is 0.311 e. The molecule has 0 saturated carbocycles. The molecular weight excluding hydrogens is 248 g/mol. The predicted molar refractivity (Wildman–Crippen MR) is 72.1 cm³/mol. The molecule has 2 heterocycles. The Bertz CT molecular complexity index is 544. The molecule has 0 spiro atoms. The van der Waals surface area contributed by atoms with Crippen LogP contribution in [0.25, 0.3) is 4.96 Å². The van der Waals surface area contributed by atoms with E-state index in [2.05, 4.69) is 18.8 Å². The van der Waals surface area contributed by atoms with E-state index in [1.165, 1.54) is 0 Å².